The van der Waals surface area contributed by atoms with Crippen LogP contribution in [0.25, 0.3) is 0 Å². The summed E-state index contributed by atoms with van der Waals surface area (Å²) in [6.07, 6.45) is 2.73. The average molecular weight is 528 g/mol. The molecule has 166 valence electrons. The van der Waals surface area contributed by atoms with Gasteiger partial charge in [-0.2, -0.15) is 0 Å². The van der Waals surface area contributed by atoms with Crippen LogP contribution in [0, 0.1) is 0 Å². The lowest BCUT2D eigenvalue weighted by Gasteiger charge is -2.11. The number of nitrogens with one attached hydrogen (secondary N) is 2. The van der Waals surface area contributed by atoms with E-state index in [9.17, 15) is 0 Å². The summed E-state index contributed by atoms with van der Waals surface area (Å²) in [6.45, 7) is 8.65. The van der Waals surface area contributed by atoms with E-state index in [0.717, 1.165) is 50.0 Å². The van der Waals surface area contributed by atoms with Crippen LogP contribution in [0.1, 0.15) is 25.8 Å². The summed E-state index contributed by atoms with van der Waals surface area (Å²) in [4.78, 5) is 8.93. The van der Waals surface area contributed by atoms with Crippen molar-refractivity contribution in [3.8, 4) is 11.6 Å². The monoisotopic (exact) mass is 528 g/mol. The van der Waals surface area contributed by atoms with Gasteiger partial charge in [0.05, 0.1) is 6.54 Å². The summed E-state index contributed by atoms with van der Waals surface area (Å²) in [5.74, 6) is 2.21. The summed E-state index contributed by atoms with van der Waals surface area (Å²) in [5.41, 5.74) is 1.02. The largest absolute Gasteiger partial charge is 0.490 e. The third-order valence-corrected chi connectivity index (χ3v) is 3.87. The summed E-state index contributed by atoms with van der Waals surface area (Å²) in [7, 11) is 0. The number of nitrogens with zero attached hydrogens (tertiary/aromatic N) is 2. The number of para-hydroxylation sites is 1. The lowest BCUT2D eigenvalue weighted by Crippen LogP contribution is -2.38. The Bertz CT molecular complexity index is 699. The minimum atomic E-state index is 0. The quantitative estimate of drug-likeness (QED) is 0.179. The van der Waals surface area contributed by atoms with Crippen molar-refractivity contribution in [3.63, 3.8) is 0 Å². The van der Waals surface area contributed by atoms with E-state index in [0.29, 0.717) is 25.6 Å². The number of halogens is 1. The molecular weight excluding hydrogens is 495 g/mol. The first-order chi connectivity index (χ1) is 14.3. The number of guanidine groups is 1. The van der Waals surface area contributed by atoms with Crippen molar-refractivity contribution in [3.05, 3.63) is 54.2 Å². The second kappa shape index (κ2) is 16.7. The van der Waals surface area contributed by atoms with Crippen LogP contribution < -0.4 is 20.1 Å². The Hall–Kier alpha value is -2.07. The molecule has 0 aliphatic heterocycles. The Morgan fingerprint density at radius 2 is 1.77 bits per heavy atom. The number of aromatic nitrogens is 1. The van der Waals surface area contributed by atoms with E-state index in [1.165, 1.54) is 0 Å². The first kappa shape index (κ1) is 26.0. The van der Waals surface area contributed by atoms with E-state index in [2.05, 4.69) is 20.6 Å². The number of hydrogen-bond donors (Lipinski definition) is 2. The highest BCUT2D eigenvalue weighted by Crippen LogP contribution is 2.10. The van der Waals surface area contributed by atoms with Crippen LogP contribution in [0.15, 0.2) is 53.7 Å². The van der Waals surface area contributed by atoms with Gasteiger partial charge in [-0.15, -0.1) is 24.0 Å². The fraction of sp³-hybridized carbons (Fsp3) is 0.455. The number of pyridine rings is 1. The van der Waals surface area contributed by atoms with E-state index < -0.39 is 0 Å². The van der Waals surface area contributed by atoms with Gasteiger partial charge < -0.3 is 24.8 Å². The van der Waals surface area contributed by atoms with E-state index in [1.54, 1.807) is 6.20 Å². The van der Waals surface area contributed by atoms with Gasteiger partial charge in [-0.05, 0) is 38.0 Å². The normalized spacial score (nSPS) is 10.8. The van der Waals surface area contributed by atoms with Crippen molar-refractivity contribution >= 4 is 29.9 Å². The third kappa shape index (κ3) is 11.2. The molecule has 0 amide bonds. The Morgan fingerprint density at radius 3 is 2.47 bits per heavy atom. The van der Waals surface area contributed by atoms with Gasteiger partial charge in [0.2, 0.25) is 5.88 Å². The molecule has 0 aliphatic rings. The smallest absolute Gasteiger partial charge is 0.213 e. The fourth-order valence-electron chi connectivity index (χ4n) is 2.45. The van der Waals surface area contributed by atoms with Crippen LogP contribution in [0.2, 0.25) is 0 Å². The summed E-state index contributed by atoms with van der Waals surface area (Å²) in [5, 5.41) is 6.55. The maximum absolute atomic E-state index is 5.62. The SMILES string of the molecule is CCNC(=NCc1ccc(OCCOc2ccccc2)nc1)NCCCOCC.I. The minimum Gasteiger partial charge on any atom is -0.490 e. The zero-order chi connectivity index (χ0) is 20.6. The average Bonchev–Trinajstić information content (AvgIpc) is 2.76. The predicted octanol–water partition coefficient (Wildman–Crippen LogP) is 3.64. The summed E-state index contributed by atoms with van der Waals surface area (Å²) < 4.78 is 16.6. The zero-order valence-corrected chi connectivity index (χ0v) is 20.1. The fourth-order valence-corrected chi connectivity index (χ4v) is 2.45. The van der Waals surface area contributed by atoms with Gasteiger partial charge in [-0.3, -0.25) is 0 Å². The van der Waals surface area contributed by atoms with Gasteiger partial charge in [0.15, 0.2) is 5.96 Å². The molecule has 8 heteroatoms. The maximum atomic E-state index is 5.62. The first-order valence-corrected chi connectivity index (χ1v) is 10.2. The highest BCUT2D eigenvalue weighted by Gasteiger charge is 2.00. The number of hydrogen-bond acceptors (Lipinski definition) is 5. The molecule has 2 N–H and O–H groups in total. The van der Waals surface area contributed by atoms with Crippen LogP contribution >= 0.6 is 24.0 Å². The van der Waals surface area contributed by atoms with Gasteiger partial charge in [-0.25, -0.2) is 9.98 Å². The molecule has 1 heterocycles. The van der Waals surface area contributed by atoms with Gasteiger partial charge >= 0.3 is 0 Å². The zero-order valence-electron chi connectivity index (χ0n) is 17.8. The molecule has 0 bridgehead atoms. The third-order valence-electron chi connectivity index (χ3n) is 3.87. The lowest BCUT2D eigenvalue weighted by molar-refractivity contribution is 0.145. The van der Waals surface area contributed by atoms with Crippen LogP contribution in [-0.4, -0.2) is 50.5 Å². The second-order valence-electron chi connectivity index (χ2n) is 6.19. The molecular formula is C22H33IN4O3. The Kier molecular flexibility index (Phi) is 14.5. The standard InChI is InChI=1S/C22H32N4O3.HI/c1-3-23-22(24-13-8-14-27-4-2)26-18-19-11-12-21(25-17-19)29-16-15-28-20-9-6-5-7-10-20;/h5-7,9-12,17H,3-4,8,13-16,18H2,1-2H3,(H2,23,24,26);1H. The van der Waals surface area contributed by atoms with Crippen molar-refractivity contribution in [1.82, 2.24) is 15.6 Å². The highest BCUT2D eigenvalue weighted by atomic mass is 127. The predicted molar refractivity (Wildman–Crippen MR) is 131 cm³/mol. The van der Waals surface area contributed by atoms with Gasteiger partial charge in [0.1, 0.15) is 19.0 Å². The van der Waals surface area contributed by atoms with Crippen LogP contribution in [0.3, 0.4) is 0 Å². The maximum Gasteiger partial charge on any atom is 0.213 e. The van der Waals surface area contributed by atoms with Crippen LogP contribution in [0.5, 0.6) is 11.6 Å². The summed E-state index contributed by atoms with van der Waals surface area (Å²) >= 11 is 0. The lowest BCUT2D eigenvalue weighted by atomic mass is 10.3. The number of benzene rings is 1. The van der Waals surface area contributed by atoms with Crippen molar-refractivity contribution < 1.29 is 14.2 Å². The topological polar surface area (TPSA) is 77.0 Å². The molecule has 1 aromatic heterocycles. The summed E-state index contributed by atoms with van der Waals surface area (Å²) in [6, 6.07) is 13.5. The Balaban J connectivity index is 0.00000450. The van der Waals surface area contributed by atoms with E-state index in [-0.39, 0.29) is 24.0 Å². The number of aliphatic imine (C=N–C) groups is 1. The first-order valence-electron chi connectivity index (χ1n) is 10.2. The molecule has 2 rings (SSSR count). The van der Waals surface area contributed by atoms with Gasteiger partial charge in [0, 0.05) is 38.6 Å². The van der Waals surface area contributed by atoms with Gasteiger partial charge in [0.25, 0.3) is 0 Å². The van der Waals surface area contributed by atoms with Crippen molar-refractivity contribution in [2.24, 2.45) is 4.99 Å². The molecule has 0 radical (unpaired) electrons. The molecule has 30 heavy (non-hydrogen) atoms. The number of ether oxygens (including phenoxy) is 3. The molecule has 0 unspecified atom stereocenters. The molecule has 0 saturated heterocycles. The van der Waals surface area contributed by atoms with E-state index >= 15 is 0 Å². The molecule has 2 aromatic rings. The van der Waals surface area contributed by atoms with E-state index in [1.807, 2.05) is 56.3 Å². The molecule has 0 aliphatic carbocycles. The second-order valence-corrected chi connectivity index (χ2v) is 6.19. The molecule has 0 fully saturated rings. The molecule has 0 saturated carbocycles. The van der Waals surface area contributed by atoms with Crippen molar-refractivity contribution in [2.75, 3.05) is 39.5 Å². The van der Waals surface area contributed by atoms with Crippen molar-refractivity contribution in [1.29, 1.82) is 0 Å². The van der Waals surface area contributed by atoms with Crippen LogP contribution in [0.4, 0.5) is 0 Å². The highest BCUT2D eigenvalue weighted by molar-refractivity contribution is 14.0. The van der Waals surface area contributed by atoms with Crippen molar-refractivity contribution in [2.45, 2.75) is 26.8 Å². The molecule has 1 aromatic carbocycles. The molecule has 0 spiro atoms. The Morgan fingerprint density at radius 1 is 0.967 bits per heavy atom. The molecule has 0 atom stereocenters. The van der Waals surface area contributed by atoms with Crippen LogP contribution in [-0.2, 0) is 11.3 Å². The van der Waals surface area contributed by atoms with Gasteiger partial charge in [-0.1, -0.05) is 24.3 Å². The minimum absolute atomic E-state index is 0. The number of rotatable bonds is 13. The Labute approximate surface area is 196 Å². The molecule has 7 nitrogen and oxygen atoms in total. The van der Waals surface area contributed by atoms with E-state index in [4.69, 9.17) is 14.2 Å².